The minimum atomic E-state index is -0.129. The maximum absolute atomic E-state index is 9.13. The Morgan fingerprint density at radius 1 is 1.17 bits per heavy atom. The van der Waals surface area contributed by atoms with Crippen molar-refractivity contribution < 1.29 is 9.47 Å². The number of ether oxygens (including phenoxy) is 2. The predicted octanol–water partition coefficient (Wildman–Crippen LogP) is 4.36. The fourth-order valence-electron chi connectivity index (χ4n) is 3.92. The molecule has 3 aromatic heterocycles. The third-order valence-corrected chi connectivity index (χ3v) is 5.38. The number of nitriles is 1. The third kappa shape index (κ3) is 3.22. The van der Waals surface area contributed by atoms with E-state index in [4.69, 9.17) is 14.7 Å². The van der Waals surface area contributed by atoms with Crippen LogP contribution in [0.25, 0.3) is 22.2 Å². The van der Waals surface area contributed by atoms with E-state index in [2.05, 4.69) is 26.2 Å². The molecule has 3 heterocycles. The number of aryl methyl sites for hydroxylation is 1. The van der Waals surface area contributed by atoms with Gasteiger partial charge in [0, 0.05) is 29.4 Å². The summed E-state index contributed by atoms with van der Waals surface area (Å²) in [6.07, 6.45) is 6.01. The lowest BCUT2D eigenvalue weighted by atomic mass is 9.93. The maximum Gasteiger partial charge on any atom is 0.213 e. The molecule has 0 saturated heterocycles. The molecule has 30 heavy (non-hydrogen) atoms. The third-order valence-electron chi connectivity index (χ3n) is 5.38. The minimum Gasteiger partial charge on any atom is -0.484 e. The lowest BCUT2D eigenvalue weighted by molar-refractivity contribution is 0.178. The van der Waals surface area contributed by atoms with Crippen molar-refractivity contribution in [2.24, 2.45) is 0 Å². The molecule has 1 N–H and O–H groups in total. The molecule has 0 unspecified atom stereocenters. The van der Waals surface area contributed by atoms with E-state index < -0.39 is 0 Å². The highest BCUT2D eigenvalue weighted by atomic mass is 16.5. The standard InChI is InChI=1S/C23H19N5O2/c1-29-21-10-16(7-8-25-21)22-18-11-17(5-6-19(18)27-28-22)30-20-4-2-3-15-9-14(12-24)13-26-23(15)20/h5-11,13,20H,2-4H2,1H3,(H,27,28)/t20-/m0/s1. The Bertz CT molecular complexity index is 1270. The molecular formula is C23H19N5O2. The SMILES string of the molecule is COc1cc(-c2n[nH]c3ccc(O[C@H]4CCCc5cc(C#N)cnc54)cc23)ccn1. The van der Waals surface area contributed by atoms with Crippen molar-refractivity contribution in [1.82, 2.24) is 20.2 Å². The first kappa shape index (κ1) is 18.1. The van der Waals surface area contributed by atoms with Crippen LogP contribution in [0.5, 0.6) is 11.6 Å². The molecule has 0 amide bonds. The number of aromatic amines is 1. The Balaban J connectivity index is 1.49. The number of nitrogens with zero attached hydrogens (tertiary/aromatic N) is 4. The second kappa shape index (κ2) is 7.48. The van der Waals surface area contributed by atoms with Crippen LogP contribution in [0.1, 0.15) is 35.8 Å². The molecule has 0 radical (unpaired) electrons. The second-order valence-corrected chi connectivity index (χ2v) is 7.25. The number of hydrogen-bond donors (Lipinski definition) is 1. The molecule has 0 aliphatic heterocycles. The van der Waals surface area contributed by atoms with Gasteiger partial charge in [-0.2, -0.15) is 10.4 Å². The maximum atomic E-state index is 9.13. The number of fused-ring (bicyclic) bond motifs is 2. The predicted molar refractivity (Wildman–Crippen MR) is 111 cm³/mol. The van der Waals surface area contributed by atoms with Crippen LogP contribution in [-0.4, -0.2) is 27.3 Å². The number of benzene rings is 1. The van der Waals surface area contributed by atoms with Gasteiger partial charge in [-0.25, -0.2) is 4.98 Å². The zero-order valence-electron chi connectivity index (χ0n) is 16.4. The summed E-state index contributed by atoms with van der Waals surface area (Å²) in [5, 5.41) is 17.6. The van der Waals surface area contributed by atoms with Crippen molar-refractivity contribution in [3.8, 4) is 29.0 Å². The van der Waals surface area contributed by atoms with Gasteiger partial charge in [0.25, 0.3) is 0 Å². The van der Waals surface area contributed by atoms with Gasteiger partial charge in [0.1, 0.15) is 23.6 Å². The summed E-state index contributed by atoms with van der Waals surface area (Å²) in [6, 6.07) is 13.8. The molecule has 1 aromatic carbocycles. The van der Waals surface area contributed by atoms with Crippen LogP contribution >= 0.6 is 0 Å². The second-order valence-electron chi connectivity index (χ2n) is 7.25. The van der Waals surface area contributed by atoms with Crippen molar-refractivity contribution >= 4 is 10.9 Å². The summed E-state index contributed by atoms with van der Waals surface area (Å²) in [5.74, 6) is 1.30. The van der Waals surface area contributed by atoms with E-state index in [0.717, 1.165) is 58.4 Å². The van der Waals surface area contributed by atoms with Crippen molar-refractivity contribution in [3.05, 3.63) is 65.6 Å². The van der Waals surface area contributed by atoms with Crippen molar-refractivity contribution in [2.75, 3.05) is 7.11 Å². The molecule has 0 saturated carbocycles. The molecule has 7 nitrogen and oxygen atoms in total. The first-order valence-corrected chi connectivity index (χ1v) is 9.79. The number of H-pyrrole nitrogens is 1. The number of nitrogens with one attached hydrogen (secondary N) is 1. The van der Waals surface area contributed by atoms with Gasteiger partial charge in [0.15, 0.2) is 0 Å². The molecule has 0 bridgehead atoms. The topological polar surface area (TPSA) is 96.7 Å². The van der Waals surface area contributed by atoms with Gasteiger partial charge in [0.2, 0.25) is 5.88 Å². The quantitative estimate of drug-likeness (QED) is 0.550. The van der Waals surface area contributed by atoms with E-state index >= 15 is 0 Å². The molecule has 5 rings (SSSR count). The van der Waals surface area contributed by atoms with E-state index in [1.54, 1.807) is 19.5 Å². The van der Waals surface area contributed by atoms with Crippen LogP contribution in [0.3, 0.4) is 0 Å². The Morgan fingerprint density at radius 2 is 2.10 bits per heavy atom. The summed E-state index contributed by atoms with van der Waals surface area (Å²) in [5.41, 5.74) is 5.27. The molecule has 1 aliphatic rings. The summed E-state index contributed by atoms with van der Waals surface area (Å²) in [7, 11) is 1.59. The average Bonchev–Trinajstić information content (AvgIpc) is 3.22. The first-order chi connectivity index (χ1) is 14.7. The Labute approximate surface area is 173 Å². The monoisotopic (exact) mass is 397 g/mol. The van der Waals surface area contributed by atoms with Gasteiger partial charge in [-0.1, -0.05) is 0 Å². The zero-order chi connectivity index (χ0) is 20.5. The Morgan fingerprint density at radius 3 is 2.97 bits per heavy atom. The van der Waals surface area contributed by atoms with Crippen LogP contribution in [0.4, 0.5) is 0 Å². The summed E-state index contributed by atoms with van der Waals surface area (Å²) >= 11 is 0. The fourth-order valence-corrected chi connectivity index (χ4v) is 3.92. The van der Waals surface area contributed by atoms with Crippen LogP contribution in [-0.2, 0) is 6.42 Å². The van der Waals surface area contributed by atoms with E-state index in [9.17, 15) is 0 Å². The van der Waals surface area contributed by atoms with Gasteiger partial charge >= 0.3 is 0 Å². The van der Waals surface area contributed by atoms with E-state index in [1.807, 2.05) is 36.4 Å². The highest BCUT2D eigenvalue weighted by Crippen LogP contribution is 2.35. The molecule has 7 heteroatoms. The first-order valence-electron chi connectivity index (χ1n) is 9.79. The fraction of sp³-hybridized carbons (Fsp3) is 0.217. The molecule has 1 atom stereocenters. The largest absolute Gasteiger partial charge is 0.484 e. The highest BCUT2D eigenvalue weighted by Gasteiger charge is 2.24. The average molecular weight is 397 g/mol. The number of pyridine rings is 2. The summed E-state index contributed by atoms with van der Waals surface area (Å²) < 4.78 is 11.6. The van der Waals surface area contributed by atoms with Gasteiger partial charge < -0.3 is 9.47 Å². The molecule has 1 aliphatic carbocycles. The number of aromatic nitrogens is 4. The summed E-state index contributed by atoms with van der Waals surface area (Å²) in [6.45, 7) is 0. The van der Waals surface area contributed by atoms with Crippen molar-refractivity contribution in [2.45, 2.75) is 25.4 Å². The Hall–Kier alpha value is -3.92. The van der Waals surface area contributed by atoms with Crippen molar-refractivity contribution in [3.63, 3.8) is 0 Å². The van der Waals surface area contributed by atoms with Crippen LogP contribution < -0.4 is 9.47 Å². The number of rotatable bonds is 4. The van der Waals surface area contributed by atoms with Crippen LogP contribution in [0.2, 0.25) is 0 Å². The number of hydrogen-bond acceptors (Lipinski definition) is 6. The van der Waals surface area contributed by atoms with Crippen LogP contribution in [0.15, 0.2) is 48.8 Å². The van der Waals surface area contributed by atoms with Gasteiger partial charge in [0.05, 0.1) is 23.9 Å². The highest BCUT2D eigenvalue weighted by molar-refractivity contribution is 5.93. The molecule has 0 spiro atoms. The van der Waals surface area contributed by atoms with E-state index in [-0.39, 0.29) is 6.10 Å². The van der Waals surface area contributed by atoms with Gasteiger partial charge in [-0.15, -0.1) is 0 Å². The van der Waals surface area contributed by atoms with Crippen molar-refractivity contribution in [1.29, 1.82) is 5.26 Å². The van der Waals surface area contributed by atoms with Gasteiger partial charge in [-0.05, 0) is 55.2 Å². The minimum absolute atomic E-state index is 0.129. The molecule has 148 valence electrons. The summed E-state index contributed by atoms with van der Waals surface area (Å²) in [4.78, 5) is 8.68. The van der Waals surface area contributed by atoms with Crippen LogP contribution in [0, 0.1) is 11.3 Å². The zero-order valence-corrected chi connectivity index (χ0v) is 16.4. The lowest BCUT2D eigenvalue weighted by Crippen LogP contribution is -2.17. The molecule has 4 aromatic rings. The van der Waals surface area contributed by atoms with Gasteiger partial charge in [-0.3, -0.25) is 10.1 Å². The molecule has 0 fully saturated rings. The Kier molecular flexibility index (Phi) is 4.52. The van der Waals surface area contributed by atoms with E-state index in [0.29, 0.717) is 11.4 Å². The normalized spacial score (nSPS) is 15.4. The molecular weight excluding hydrogens is 378 g/mol. The van der Waals surface area contributed by atoms with E-state index in [1.165, 1.54) is 0 Å². The smallest absolute Gasteiger partial charge is 0.213 e. The lowest BCUT2D eigenvalue weighted by Gasteiger charge is -2.25. The number of methoxy groups -OCH3 is 1.